The van der Waals surface area contributed by atoms with Crippen LogP contribution in [-0.2, 0) is 7.05 Å². The molecule has 1 N–H and O–H groups in total. The number of unbranched alkanes of at least 4 members (excludes halogenated alkanes) is 2. The third kappa shape index (κ3) is 3.43. The van der Waals surface area contributed by atoms with Crippen LogP contribution in [0.4, 0.5) is 0 Å². The molecule has 30 heavy (non-hydrogen) atoms. The van der Waals surface area contributed by atoms with Gasteiger partial charge in [0.1, 0.15) is 11.4 Å². The van der Waals surface area contributed by atoms with Gasteiger partial charge < -0.3 is 14.2 Å². The number of aromatic nitrogens is 5. The monoisotopic (exact) mass is 401 g/mol. The van der Waals surface area contributed by atoms with Crippen molar-refractivity contribution in [2.45, 2.75) is 26.2 Å². The van der Waals surface area contributed by atoms with Gasteiger partial charge in [-0.1, -0.05) is 37.1 Å². The molecular formula is C23H23N5O2. The Kier molecular flexibility index (Phi) is 4.71. The van der Waals surface area contributed by atoms with Crippen LogP contribution >= 0.6 is 0 Å². The van der Waals surface area contributed by atoms with Crippen molar-refractivity contribution in [3.8, 4) is 28.7 Å². The van der Waals surface area contributed by atoms with Crippen molar-refractivity contribution in [1.82, 2.24) is 24.9 Å². The summed E-state index contributed by atoms with van der Waals surface area (Å²) in [6.07, 6.45) is 5.28. The molecule has 0 atom stereocenters. The maximum absolute atomic E-state index is 5.85. The van der Waals surface area contributed by atoms with Crippen LogP contribution in [0.2, 0.25) is 0 Å². The molecule has 0 aliphatic heterocycles. The number of aryl methyl sites for hydroxylation is 1. The first kappa shape index (κ1) is 18.4. The number of aromatic amines is 1. The number of H-pyrrole nitrogens is 1. The molecular weight excluding hydrogens is 378 g/mol. The van der Waals surface area contributed by atoms with E-state index < -0.39 is 0 Å². The van der Waals surface area contributed by atoms with E-state index in [1.807, 2.05) is 60.4 Å². The first-order valence-electron chi connectivity index (χ1n) is 10.2. The molecule has 0 spiro atoms. The lowest BCUT2D eigenvalue weighted by molar-refractivity contribution is 0.306. The second-order valence-electron chi connectivity index (χ2n) is 7.45. The summed E-state index contributed by atoms with van der Waals surface area (Å²) in [5.74, 6) is 1.87. The highest BCUT2D eigenvalue weighted by molar-refractivity contribution is 5.86. The van der Waals surface area contributed by atoms with Crippen molar-refractivity contribution in [1.29, 1.82) is 0 Å². The van der Waals surface area contributed by atoms with Gasteiger partial charge in [0, 0.05) is 35.0 Å². The number of nitrogens with zero attached hydrogens (tertiary/aromatic N) is 4. The van der Waals surface area contributed by atoms with Crippen molar-refractivity contribution in [3.05, 3.63) is 48.7 Å². The van der Waals surface area contributed by atoms with Crippen molar-refractivity contribution in [3.63, 3.8) is 0 Å². The van der Waals surface area contributed by atoms with Crippen LogP contribution in [0.1, 0.15) is 26.2 Å². The predicted octanol–water partition coefficient (Wildman–Crippen LogP) is 5.34. The lowest BCUT2D eigenvalue weighted by atomic mass is 10.1. The zero-order valence-electron chi connectivity index (χ0n) is 17.1. The lowest BCUT2D eigenvalue weighted by Gasteiger charge is -2.05. The van der Waals surface area contributed by atoms with E-state index in [4.69, 9.17) is 9.26 Å². The fourth-order valence-electron chi connectivity index (χ4n) is 3.59. The maximum Gasteiger partial charge on any atom is 0.274 e. The number of hydrogen-bond donors (Lipinski definition) is 1. The van der Waals surface area contributed by atoms with Crippen molar-refractivity contribution >= 4 is 21.8 Å². The van der Waals surface area contributed by atoms with Crippen LogP contribution < -0.4 is 4.74 Å². The van der Waals surface area contributed by atoms with E-state index in [1.54, 1.807) is 0 Å². The number of nitrogens with one attached hydrogen (secondary N) is 1. The second-order valence-corrected chi connectivity index (χ2v) is 7.45. The number of hydrogen-bond acceptors (Lipinski definition) is 5. The predicted molar refractivity (Wildman–Crippen MR) is 116 cm³/mol. The molecule has 3 heterocycles. The van der Waals surface area contributed by atoms with Crippen LogP contribution in [0.25, 0.3) is 44.8 Å². The first-order chi connectivity index (χ1) is 14.7. The molecule has 152 valence electrons. The van der Waals surface area contributed by atoms with E-state index in [9.17, 15) is 0 Å². The van der Waals surface area contributed by atoms with Crippen LogP contribution in [0, 0.1) is 0 Å². The highest BCUT2D eigenvalue weighted by atomic mass is 16.5. The molecule has 0 aliphatic carbocycles. The van der Waals surface area contributed by atoms with Gasteiger partial charge in [-0.3, -0.25) is 4.68 Å². The molecule has 0 aliphatic rings. The van der Waals surface area contributed by atoms with Gasteiger partial charge in [0.2, 0.25) is 5.82 Å². The fourth-order valence-corrected chi connectivity index (χ4v) is 3.59. The molecule has 2 aromatic carbocycles. The molecule has 3 aromatic heterocycles. The Morgan fingerprint density at radius 1 is 1.07 bits per heavy atom. The van der Waals surface area contributed by atoms with Crippen molar-refractivity contribution in [2.75, 3.05) is 6.61 Å². The van der Waals surface area contributed by atoms with Crippen molar-refractivity contribution in [2.24, 2.45) is 7.05 Å². The van der Waals surface area contributed by atoms with E-state index in [-0.39, 0.29) is 0 Å². The number of benzene rings is 2. The summed E-state index contributed by atoms with van der Waals surface area (Å²) in [6.45, 7) is 2.92. The average molecular weight is 401 g/mol. The quantitative estimate of drug-likeness (QED) is 0.372. The summed E-state index contributed by atoms with van der Waals surface area (Å²) < 4.78 is 13.2. The Bertz CT molecular complexity index is 1310. The number of ether oxygens (including phenoxy) is 1. The standard InChI is InChI=1S/C23H23N5O2/c1-3-4-5-10-29-18-9-8-15-11-20(25-19(15)13-18)23-26-22(27-30-23)16-6-7-17-14-24-28(2)21(17)12-16/h6-9,11-14,25H,3-5,10H2,1-2H3. The van der Waals surface area contributed by atoms with Gasteiger partial charge in [-0.15, -0.1) is 0 Å². The summed E-state index contributed by atoms with van der Waals surface area (Å²) >= 11 is 0. The van der Waals surface area contributed by atoms with Gasteiger partial charge in [0.25, 0.3) is 5.89 Å². The highest BCUT2D eigenvalue weighted by Crippen LogP contribution is 2.28. The van der Waals surface area contributed by atoms with Gasteiger partial charge in [-0.2, -0.15) is 10.1 Å². The Hall–Kier alpha value is -3.61. The zero-order chi connectivity index (χ0) is 20.5. The van der Waals surface area contributed by atoms with Gasteiger partial charge in [0.15, 0.2) is 0 Å². The van der Waals surface area contributed by atoms with Crippen LogP contribution in [0.3, 0.4) is 0 Å². The SMILES string of the molecule is CCCCCOc1ccc2cc(-c3nc(-c4ccc5cnn(C)c5c4)no3)[nH]c2c1. The van der Waals surface area contributed by atoms with Crippen LogP contribution in [0.15, 0.2) is 53.2 Å². The highest BCUT2D eigenvalue weighted by Gasteiger charge is 2.14. The van der Waals surface area contributed by atoms with E-state index in [0.717, 1.165) is 51.8 Å². The molecule has 7 heteroatoms. The third-order valence-corrected chi connectivity index (χ3v) is 5.27. The molecule has 5 rings (SSSR count). The molecule has 5 aromatic rings. The molecule has 0 fully saturated rings. The minimum absolute atomic E-state index is 0.455. The van der Waals surface area contributed by atoms with E-state index in [1.165, 1.54) is 12.8 Å². The minimum atomic E-state index is 0.455. The van der Waals surface area contributed by atoms with Crippen molar-refractivity contribution < 1.29 is 9.26 Å². The third-order valence-electron chi connectivity index (χ3n) is 5.27. The first-order valence-corrected chi connectivity index (χ1v) is 10.2. The fraction of sp³-hybridized carbons (Fsp3) is 0.261. The Morgan fingerprint density at radius 3 is 2.87 bits per heavy atom. The summed E-state index contributed by atoms with van der Waals surface area (Å²) in [6, 6.07) is 14.1. The van der Waals surface area contributed by atoms with Gasteiger partial charge >= 0.3 is 0 Å². The molecule has 0 saturated heterocycles. The molecule has 0 saturated carbocycles. The minimum Gasteiger partial charge on any atom is -0.494 e. The summed E-state index contributed by atoms with van der Waals surface area (Å²) in [5, 5.41) is 10.6. The Balaban J connectivity index is 1.40. The zero-order valence-corrected chi connectivity index (χ0v) is 17.1. The summed E-state index contributed by atoms with van der Waals surface area (Å²) in [7, 11) is 1.92. The molecule has 7 nitrogen and oxygen atoms in total. The smallest absolute Gasteiger partial charge is 0.274 e. The Morgan fingerprint density at radius 2 is 1.97 bits per heavy atom. The molecule has 0 bridgehead atoms. The van der Waals surface area contributed by atoms with Gasteiger partial charge in [0.05, 0.1) is 18.3 Å². The Labute approximate surface area is 173 Å². The molecule has 0 unspecified atom stereocenters. The summed E-state index contributed by atoms with van der Waals surface area (Å²) in [4.78, 5) is 7.95. The largest absolute Gasteiger partial charge is 0.494 e. The topological polar surface area (TPSA) is 81.8 Å². The molecule has 0 radical (unpaired) electrons. The number of fused-ring (bicyclic) bond motifs is 2. The summed E-state index contributed by atoms with van der Waals surface area (Å²) in [5.41, 5.74) is 3.68. The average Bonchev–Trinajstić information content (AvgIpc) is 3.49. The van der Waals surface area contributed by atoms with E-state index >= 15 is 0 Å². The van der Waals surface area contributed by atoms with Gasteiger partial charge in [-0.05, 0) is 30.7 Å². The lowest BCUT2D eigenvalue weighted by Crippen LogP contribution is -1.96. The second kappa shape index (κ2) is 7.67. The number of rotatable bonds is 7. The van der Waals surface area contributed by atoms with Crippen LogP contribution in [0.5, 0.6) is 5.75 Å². The molecule has 0 amide bonds. The van der Waals surface area contributed by atoms with Crippen LogP contribution in [-0.4, -0.2) is 31.5 Å². The van der Waals surface area contributed by atoms with E-state index in [0.29, 0.717) is 11.7 Å². The van der Waals surface area contributed by atoms with E-state index in [2.05, 4.69) is 27.1 Å². The normalized spacial score (nSPS) is 11.5. The van der Waals surface area contributed by atoms with Gasteiger partial charge in [-0.25, -0.2) is 0 Å². The maximum atomic E-state index is 5.85.